The average Bonchev–Trinajstić information content (AvgIpc) is 2.59. The molecule has 17 heavy (non-hydrogen) atoms. The molecule has 2 aliphatic heterocycles. The summed E-state index contributed by atoms with van der Waals surface area (Å²) < 4.78 is 0. The maximum Gasteiger partial charge on any atom is 0.191 e. The van der Waals surface area contributed by atoms with Crippen molar-refractivity contribution in [3.8, 4) is 0 Å². The molecule has 1 fully saturated rings. The van der Waals surface area contributed by atoms with Crippen molar-refractivity contribution < 1.29 is 0 Å². The maximum atomic E-state index is 6.08. The summed E-state index contributed by atoms with van der Waals surface area (Å²) in [5, 5.41) is 0.628. The number of nitrogens with zero attached hydrogens (tertiary/aromatic N) is 3. The van der Waals surface area contributed by atoms with Gasteiger partial charge in [-0.25, -0.2) is 0 Å². The molecule has 1 saturated heterocycles. The van der Waals surface area contributed by atoms with Crippen LogP contribution in [-0.2, 0) is 0 Å². The van der Waals surface area contributed by atoms with E-state index in [-0.39, 0.29) is 5.54 Å². The Morgan fingerprint density at radius 1 is 1.59 bits per heavy atom. The first-order valence-corrected chi connectivity index (χ1v) is 7.45. The van der Waals surface area contributed by atoms with Crippen molar-refractivity contribution in [2.45, 2.75) is 30.6 Å². The molecule has 1 spiro atoms. The Bertz CT molecular complexity index is 305. The molecule has 0 aromatic heterocycles. The molecule has 5 heteroatoms. The molecule has 0 saturated carbocycles. The average molecular weight is 256 g/mol. The van der Waals surface area contributed by atoms with Gasteiger partial charge in [0, 0.05) is 18.3 Å². The van der Waals surface area contributed by atoms with Crippen LogP contribution in [0, 0.1) is 0 Å². The Labute approximate surface area is 109 Å². The van der Waals surface area contributed by atoms with Crippen molar-refractivity contribution in [1.82, 2.24) is 9.80 Å². The number of rotatable bonds is 3. The van der Waals surface area contributed by atoms with E-state index in [1.54, 1.807) is 0 Å². The van der Waals surface area contributed by atoms with E-state index in [1.165, 1.54) is 18.6 Å². The maximum absolute atomic E-state index is 6.08. The van der Waals surface area contributed by atoms with Crippen molar-refractivity contribution in [2.75, 3.05) is 39.5 Å². The highest BCUT2D eigenvalue weighted by molar-refractivity contribution is 8.00. The fourth-order valence-corrected chi connectivity index (χ4v) is 4.11. The van der Waals surface area contributed by atoms with Crippen LogP contribution in [0.4, 0.5) is 0 Å². The number of guanidine groups is 1. The smallest absolute Gasteiger partial charge is 0.191 e. The lowest BCUT2D eigenvalue weighted by atomic mass is 9.88. The monoisotopic (exact) mass is 256 g/mol. The summed E-state index contributed by atoms with van der Waals surface area (Å²) in [6.07, 6.45) is 2.52. The van der Waals surface area contributed by atoms with E-state index >= 15 is 0 Å². The fourth-order valence-electron chi connectivity index (χ4n) is 2.81. The second-order valence-electron chi connectivity index (χ2n) is 5.35. The van der Waals surface area contributed by atoms with Crippen LogP contribution in [0.5, 0.6) is 0 Å². The standard InChI is InChI=1S/C12H24N4S/c1-10-12(5-4-8-17-10)9-14-11(13)16(12)7-6-15(2)3/h10H,4-9H2,1-3H3,(H2,13,14). The van der Waals surface area contributed by atoms with Crippen LogP contribution in [-0.4, -0.2) is 66.0 Å². The first-order valence-electron chi connectivity index (χ1n) is 6.40. The van der Waals surface area contributed by atoms with Crippen molar-refractivity contribution in [2.24, 2.45) is 10.7 Å². The predicted molar refractivity (Wildman–Crippen MR) is 75.6 cm³/mol. The van der Waals surface area contributed by atoms with E-state index < -0.39 is 0 Å². The first kappa shape index (κ1) is 13.0. The summed E-state index contributed by atoms with van der Waals surface area (Å²) in [4.78, 5) is 9.08. The molecule has 2 heterocycles. The van der Waals surface area contributed by atoms with Crippen molar-refractivity contribution in [3.63, 3.8) is 0 Å². The molecule has 0 radical (unpaired) electrons. The Morgan fingerprint density at radius 2 is 2.35 bits per heavy atom. The van der Waals surface area contributed by atoms with E-state index in [0.717, 1.165) is 25.6 Å². The lowest BCUT2D eigenvalue weighted by Gasteiger charge is -2.46. The van der Waals surface area contributed by atoms with E-state index in [2.05, 4.69) is 47.6 Å². The number of hydrogen-bond donors (Lipinski definition) is 1. The van der Waals surface area contributed by atoms with Gasteiger partial charge in [-0.05, 0) is 32.7 Å². The molecule has 2 N–H and O–H groups in total. The lowest BCUT2D eigenvalue weighted by Crippen LogP contribution is -2.59. The molecule has 2 rings (SSSR count). The molecule has 98 valence electrons. The van der Waals surface area contributed by atoms with Gasteiger partial charge >= 0.3 is 0 Å². The van der Waals surface area contributed by atoms with Gasteiger partial charge in [0.1, 0.15) is 0 Å². The van der Waals surface area contributed by atoms with Crippen molar-refractivity contribution >= 4 is 17.7 Å². The summed E-state index contributed by atoms with van der Waals surface area (Å²) in [5.41, 5.74) is 6.28. The number of thioether (sulfide) groups is 1. The second-order valence-corrected chi connectivity index (χ2v) is 6.80. The van der Waals surface area contributed by atoms with Crippen LogP contribution in [0.3, 0.4) is 0 Å². The summed E-state index contributed by atoms with van der Waals surface area (Å²) in [6, 6.07) is 0. The summed E-state index contributed by atoms with van der Waals surface area (Å²) in [6.45, 7) is 5.25. The summed E-state index contributed by atoms with van der Waals surface area (Å²) in [5.74, 6) is 2.03. The minimum Gasteiger partial charge on any atom is -0.370 e. The topological polar surface area (TPSA) is 44.9 Å². The van der Waals surface area contributed by atoms with Crippen LogP contribution in [0.2, 0.25) is 0 Å². The minimum atomic E-state index is 0.197. The van der Waals surface area contributed by atoms with Gasteiger partial charge < -0.3 is 15.5 Å². The first-order chi connectivity index (χ1) is 8.06. The second kappa shape index (κ2) is 5.06. The van der Waals surface area contributed by atoms with Crippen molar-refractivity contribution in [1.29, 1.82) is 0 Å². The van der Waals surface area contributed by atoms with Gasteiger partial charge in [-0.2, -0.15) is 11.8 Å². The van der Waals surface area contributed by atoms with E-state index in [4.69, 9.17) is 5.73 Å². The van der Waals surface area contributed by atoms with Crippen LogP contribution >= 0.6 is 11.8 Å². The zero-order chi connectivity index (χ0) is 12.5. The largest absolute Gasteiger partial charge is 0.370 e. The molecule has 2 atom stereocenters. The molecule has 0 bridgehead atoms. The van der Waals surface area contributed by atoms with Gasteiger partial charge in [-0.15, -0.1) is 0 Å². The quantitative estimate of drug-likeness (QED) is 0.812. The fraction of sp³-hybridized carbons (Fsp3) is 0.917. The molecule has 0 aromatic rings. The van der Waals surface area contributed by atoms with Gasteiger partial charge in [-0.1, -0.05) is 6.92 Å². The highest BCUT2D eigenvalue weighted by Crippen LogP contribution is 2.40. The van der Waals surface area contributed by atoms with Crippen LogP contribution in [0.25, 0.3) is 0 Å². The normalized spacial score (nSPS) is 33.5. The number of hydrogen-bond acceptors (Lipinski definition) is 5. The highest BCUT2D eigenvalue weighted by Gasteiger charge is 2.47. The number of nitrogens with two attached hydrogens (primary N) is 1. The van der Waals surface area contributed by atoms with Gasteiger partial charge in [0.15, 0.2) is 5.96 Å². The summed E-state index contributed by atoms with van der Waals surface area (Å²) in [7, 11) is 4.21. The lowest BCUT2D eigenvalue weighted by molar-refractivity contribution is 0.167. The Hall–Kier alpha value is -0.420. The third-order valence-electron chi connectivity index (χ3n) is 3.98. The number of likely N-dealkylation sites (N-methyl/N-ethyl adjacent to an activating group) is 1. The SMILES string of the molecule is CC1SCCCC12CN=C(N)N2CCN(C)C. The Balaban J connectivity index is 2.10. The van der Waals surface area contributed by atoms with Crippen LogP contribution in [0.15, 0.2) is 4.99 Å². The molecular formula is C12H24N4S. The molecule has 2 aliphatic rings. The van der Waals surface area contributed by atoms with Crippen LogP contribution in [0.1, 0.15) is 19.8 Å². The van der Waals surface area contributed by atoms with E-state index in [9.17, 15) is 0 Å². The summed E-state index contributed by atoms with van der Waals surface area (Å²) >= 11 is 2.07. The Morgan fingerprint density at radius 3 is 3.00 bits per heavy atom. The highest BCUT2D eigenvalue weighted by atomic mass is 32.2. The van der Waals surface area contributed by atoms with E-state index in [1.807, 2.05) is 0 Å². The zero-order valence-corrected chi connectivity index (χ0v) is 12.0. The third kappa shape index (κ3) is 2.40. The van der Waals surface area contributed by atoms with E-state index in [0.29, 0.717) is 5.25 Å². The van der Waals surface area contributed by atoms with Gasteiger partial charge in [-0.3, -0.25) is 4.99 Å². The van der Waals surface area contributed by atoms with Gasteiger partial charge in [0.05, 0.1) is 12.1 Å². The molecule has 2 unspecified atom stereocenters. The van der Waals surface area contributed by atoms with Crippen molar-refractivity contribution in [3.05, 3.63) is 0 Å². The Kier molecular flexibility index (Phi) is 3.88. The number of aliphatic imine (C=N–C) groups is 1. The molecule has 0 amide bonds. The van der Waals surface area contributed by atoms with Gasteiger partial charge in [0.2, 0.25) is 0 Å². The molecule has 0 aliphatic carbocycles. The third-order valence-corrected chi connectivity index (χ3v) is 5.44. The zero-order valence-electron chi connectivity index (χ0n) is 11.1. The van der Waals surface area contributed by atoms with Gasteiger partial charge in [0.25, 0.3) is 0 Å². The minimum absolute atomic E-state index is 0.197. The molecule has 4 nitrogen and oxygen atoms in total. The predicted octanol–water partition coefficient (Wildman–Crippen LogP) is 0.833. The van der Waals surface area contributed by atoms with Crippen LogP contribution < -0.4 is 5.73 Å². The molecular weight excluding hydrogens is 232 g/mol. The molecule has 0 aromatic carbocycles.